The van der Waals surface area contributed by atoms with Gasteiger partial charge in [-0.15, -0.1) is 0 Å². The van der Waals surface area contributed by atoms with Crippen LogP contribution >= 0.6 is 0 Å². The molecule has 5 nitrogen and oxygen atoms in total. The van der Waals surface area contributed by atoms with E-state index in [4.69, 9.17) is 9.84 Å². The number of methoxy groups -OCH3 is 1. The van der Waals surface area contributed by atoms with Gasteiger partial charge in [0.15, 0.2) is 0 Å². The van der Waals surface area contributed by atoms with Crippen molar-refractivity contribution < 1.29 is 34.9 Å². The minimum Gasteiger partial charge on any atom is -1.00 e. The third kappa shape index (κ3) is 4.54. The Kier molecular flexibility index (Phi) is 7.23. The predicted octanol–water partition coefficient (Wildman–Crippen LogP) is -3.55. The van der Waals surface area contributed by atoms with E-state index in [1.54, 1.807) is 0 Å². The zero-order valence-electron chi connectivity index (χ0n) is 10.8. The molecule has 0 amide bonds. The summed E-state index contributed by atoms with van der Waals surface area (Å²) in [4.78, 5) is 15.1. The molecule has 0 aromatic heterocycles. The van der Waals surface area contributed by atoms with Gasteiger partial charge in [-0.3, -0.25) is 9.69 Å². The Balaban J connectivity index is 0. The summed E-state index contributed by atoms with van der Waals surface area (Å²) in [5.41, 5.74) is 0. The summed E-state index contributed by atoms with van der Waals surface area (Å²) in [7, 11) is 3.58. The summed E-state index contributed by atoms with van der Waals surface area (Å²) in [6.07, 6.45) is 0. The van der Waals surface area contributed by atoms with Crippen molar-refractivity contribution in [1.29, 1.82) is 0 Å². The van der Waals surface area contributed by atoms with E-state index < -0.39 is 12.0 Å². The van der Waals surface area contributed by atoms with Gasteiger partial charge in [-0.05, 0) is 7.05 Å². The van der Waals surface area contributed by atoms with E-state index in [2.05, 4.69) is 4.90 Å². The van der Waals surface area contributed by atoms with E-state index in [1.165, 1.54) is 7.11 Å². The molecule has 0 bridgehead atoms. The van der Waals surface area contributed by atoms with Gasteiger partial charge in [0.05, 0.1) is 6.61 Å². The Labute approximate surface area is 104 Å². The quantitative estimate of drug-likeness (QED) is 0.487. The fourth-order valence-electron chi connectivity index (χ4n) is 1.62. The minimum atomic E-state index is -0.795. The fraction of sp³-hybridized carbons (Fsp3) is 0.889. The molecule has 0 radical (unpaired) electrons. The normalized spacial score (nSPS) is 20.7. The molecular formula is C9H19LiN2O3. The van der Waals surface area contributed by atoms with Crippen molar-refractivity contribution in [3.05, 3.63) is 0 Å². The van der Waals surface area contributed by atoms with Crippen LogP contribution in [0.4, 0.5) is 0 Å². The Hall–Kier alpha value is -0.0526. The van der Waals surface area contributed by atoms with Crippen molar-refractivity contribution in [2.75, 3.05) is 46.9 Å². The van der Waals surface area contributed by atoms with Gasteiger partial charge in [0.2, 0.25) is 0 Å². The number of rotatable bonds is 4. The van der Waals surface area contributed by atoms with Crippen LogP contribution in [-0.4, -0.2) is 73.9 Å². The van der Waals surface area contributed by atoms with E-state index in [0.29, 0.717) is 0 Å². The Bertz CT molecular complexity index is 201. The van der Waals surface area contributed by atoms with Gasteiger partial charge < -0.3 is 16.2 Å². The van der Waals surface area contributed by atoms with Gasteiger partial charge in [0.1, 0.15) is 6.04 Å². The molecule has 1 fully saturated rings. The summed E-state index contributed by atoms with van der Waals surface area (Å²) in [6, 6.07) is -0.492. The number of aliphatic carboxylic acids is 1. The standard InChI is InChI=1S/C9H18N2O3.Li.H/c1-10-3-5-11(6-4-10)8(7-14-2)9(12)13;;/h8H,3-7H2,1-2H3,(H,12,13);;/q;+1;-1. The Morgan fingerprint density at radius 2 is 2.00 bits per heavy atom. The van der Waals surface area contributed by atoms with E-state index in [0.717, 1.165) is 26.2 Å². The first kappa shape index (κ1) is 14.9. The second-order valence-corrected chi connectivity index (χ2v) is 3.65. The average molecular weight is 210 g/mol. The largest absolute Gasteiger partial charge is 1.00 e. The molecule has 0 aromatic rings. The van der Waals surface area contributed by atoms with Crippen molar-refractivity contribution >= 4 is 5.97 Å². The Morgan fingerprint density at radius 1 is 1.47 bits per heavy atom. The fourth-order valence-corrected chi connectivity index (χ4v) is 1.62. The van der Waals surface area contributed by atoms with Gasteiger partial charge in [-0.25, -0.2) is 0 Å². The second-order valence-electron chi connectivity index (χ2n) is 3.65. The van der Waals surface area contributed by atoms with E-state index >= 15 is 0 Å². The van der Waals surface area contributed by atoms with Crippen LogP contribution < -0.4 is 18.9 Å². The zero-order chi connectivity index (χ0) is 10.6. The molecule has 1 aliphatic heterocycles. The average Bonchev–Trinajstić information content (AvgIpc) is 2.15. The van der Waals surface area contributed by atoms with Crippen LogP contribution in [0.25, 0.3) is 0 Å². The topological polar surface area (TPSA) is 53.0 Å². The molecule has 1 aliphatic rings. The number of hydrogen-bond donors (Lipinski definition) is 1. The molecule has 0 aromatic carbocycles. The molecule has 84 valence electrons. The van der Waals surface area contributed by atoms with Crippen molar-refractivity contribution in [3.8, 4) is 0 Å². The number of carboxylic acids is 1. The first-order valence-corrected chi connectivity index (χ1v) is 4.79. The first-order valence-electron chi connectivity index (χ1n) is 4.79. The molecule has 1 N–H and O–H groups in total. The van der Waals surface area contributed by atoms with Crippen molar-refractivity contribution in [2.24, 2.45) is 0 Å². The molecule has 0 spiro atoms. The maximum atomic E-state index is 10.9. The summed E-state index contributed by atoms with van der Waals surface area (Å²) >= 11 is 0. The predicted molar refractivity (Wildman–Crippen MR) is 53.5 cm³/mol. The number of nitrogens with zero attached hydrogens (tertiary/aromatic N) is 2. The first-order chi connectivity index (χ1) is 6.65. The molecule has 1 rings (SSSR count). The number of carbonyl (C=O) groups is 1. The van der Waals surface area contributed by atoms with Gasteiger partial charge >= 0.3 is 24.8 Å². The van der Waals surface area contributed by atoms with Crippen LogP contribution in [0.3, 0.4) is 0 Å². The minimum absolute atomic E-state index is 0. The van der Waals surface area contributed by atoms with Crippen molar-refractivity contribution in [1.82, 2.24) is 9.80 Å². The molecule has 1 unspecified atom stereocenters. The molecular weight excluding hydrogens is 191 g/mol. The number of carboxylic acid groups (broad SMARTS) is 1. The van der Waals surface area contributed by atoms with Gasteiger partial charge in [0, 0.05) is 33.3 Å². The molecule has 1 heterocycles. The maximum absolute atomic E-state index is 10.9. The van der Waals surface area contributed by atoms with E-state index in [9.17, 15) is 4.79 Å². The van der Waals surface area contributed by atoms with Crippen LogP contribution in [0.15, 0.2) is 0 Å². The summed E-state index contributed by atoms with van der Waals surface area (Å²) < 4.78 is 4.91. The number of piperazine rings is 1. The summed E-state index contributed by atoms with van der Waals surface area (Å²) in [5.74, 6) is -0.795. The third-order valence-electron chi connectivity index (χ3n) is 2.59. The van der Waals surface area contributed by atoms with Crippen LogP contribution in [0, 0.1) is 0 Å². The summed E-state index contributed by atoms with van der Waals surface area (Å²) in [5, 5.41) is 8.99. The molecule has 0 saturated carbocycles. The SMILES string of the molecule is COCC(C(=O)O)N1CCN(C)CC1.[H-].[Li+]. The van der Waals surface area contributed by atoms with Crippen LogP contribution in [-0.2, 0) is 9.53 Å². The second kappa shape index (κ2) is 7.26. The number of ether oxygens (including phenoxy) is 1. The Morgan fingerprint density at radius 3 is 2.40 bits per heavy atom. The van der Waals surface area contributed by atoms with Gasteiger partial charge in [-0.2, -0.15) is 0 Å². The number of hydrogen-bond acceptors (Lipinski definition) is 4. The molecule has 6 heteroatoms. The monoisotopic (exact) mass is 210 g/mol. The molecule has 0 aliphatic carbocycles. The van der Waals surface area contributed by atoms with Crippen LogP contribution in [0.1, 0.15) is 1.43 Å². The van der Waals surface area contributed by atoms with Crippen molar-refractivity contribution in [3.63, 3.8) is 0 Å². The van der Waals surface area contributed by atoms with E-state index in [1.807, 2.05) is 11.9 Å². The van der Waals surface area contributed by atoms with Crippen LogP contribution in [0.2, 0.25) is 0 Å². The maximum Gasteiger partial charge on any atom is 1.00 e. The third-order valence-corrected chi connectivity index (χ3v) is 2.59. The van der Waals surface area contributed by atoms with E-state index in [-0.39, 0.29) is 26.9 Å². The van der Waals surface area contributed by atoms with Gasteiger partial charge in [0.25, 0.3) is 0 Å². The molecule has 15 heavy (non-hydrogen) atoms. The summed E-state index contributed by atoms with van der Waals surface area (Å²) in [6.45, 7) is 3.72. The van der Waals surface area contributed by atoms with Gasteiger partial charge in [-0.1, -0.05) is 0 Å². The van der Waals surface area contributed by atoms with Crippen LogP contribution in [0.5, 0.6) is 0 Å². The smallest absolute Gasteiger partial charge is 1.00 e. The molecule has 1 saturated heterocycles. The zero-order valence-corrected chi connectivity index (χ0v) is 9.77. The van der Waals surface area contributed by atoms with Crippen molar-refractivity contribution in [2.45, 2.75) is 6.04 Å². The molecule has 1 atom stereocenters. The number of likely N-dealkylation sites (N-methyl/N-ethyl adjacent to an activating group) is 1.